The van der Waals surface area contributed by atoms with Crippen LogP contribution in [0.3, 0.4) is 0 Å². The van der Waals surface area contributed by atoms with Gasteiger partial charge in [0.2, 0.25) is 0 Å². The van der Waals surface area contributed by atoms with E-state index in [2.05, 4.69) is 22.6 Å². The van der Waals surface area contributed by atoms with Gasteiger partial charge in [-0.1, -0.05) is 13.2 Å². The van der Waals surface area contributed by atoms with Crippen LogP contribution >= 0.6 is 0 Å². The molecule has 0 aliphatic carbocycles. The van der Waals surface area contributed by atoms with Gasteiger partial charge in [-0.2, -0.15) is 0 Å². The third-order valence-corrected chi connectivity index (χ3v) is 1.47. The summed E-state index contributed by atoms with van der Waals surface area (Å²) in [5.74, 6) is -0.906. The fraction of sp³-hybridized carbons (Fsp3) is 0.500. The molecule has 0 atom stereocenters. The van der Waals surface area contributed by atoms with Crippen molar-refractivity contribution in [1.29, 1.82) is 0 Å². The first-order valence-corrected chi connectivity index (χ1v) is 5.42. The predicted molar refractivity (Wildman–Crippen MR) is 65.7 cm³/mol. The number of carbonyl (C=O) groups excluding carboxylic acids is 2. The van der Waals surface area contributed by atoms with Gasteiger partial charge in [-0.3, -0.25) is 0 Å². The summed E-state index contributed by atoms with van der Waals surface area (Å²) in [6.45, 7) is 6.81. The minimum atomic E-state index is -0.501. The van der Waals surface area contributed by atoms with Crippen LogP contribution in [0.1, 0.15) is 12.8 Å². The Hall–Kier alpha value is -1.66. The van der Waals surface area contributed by atoms with Gasteiger partial charge in [0.25, 0.3) is 0 Å². The quantitative estimate of drug-likeness (QED) is 0.368. The minimum absolute atomic E-state index is 0.0465. The van der Waals surface area contributed by atoms with E-state index in [4.69, 9.17) is 10.2 Å². The number of hydrogen-bond donors (Lipinski definition) is 2. The summed E-state index contributed by atoms with van der Waals surface area (Å²) in [7, 11) is 0. The second kappa shape index (κ2) is 15.3. The minimum Gasteiger partial charge on any atom is -0.463 e. The van der Waals surface area contributed by atoms with E-state index in [1.165, 1.54) is 0 Å². The van der Waals surface area contributed by atoms with Crippen molar-refractivity contribution < 1.29 is 29.3 Å². The van der Waals surface area contributed by atoms with Crippen molar-refractivity contribution in [3.05, 3.63) is 25.3 Å². The summed E-state index contributed by atoms with van der Waals surface area (Å²) in [6.07, 6.45) is 3.55. The molecule has 104 valence electrons. The Bertz CT molecular complexity index is 249. The highest BCUT2D eigenvalue weighted by Gasteiger charge is 1.93. The number of carbonyl (C=O) groups is 2. The van der Waals surface area contributed by atoms with E-state index in [9.17, 15) is 9.59 Å². The molecule has 0 aromatic rings. The molecule has 0 saturated heterocycles. The Balaban J connectivity index is 0. The van der Waals surface area contributed by atoms with Crippen LogP contribution in [0.25, 0.3) is 0 Å². The lowest BCUT2D eigenvalue weighted by Crippen LogP contribution is -2.04. The largest absolute Gasteiger partial charge is 0.463 e. The van der Waals surface area contributed by atoms with Crippen molar-refractivity contribution in [3.8, 4) is 0 Å². The maximum atomic E-state index is 10.4. The van der Waals surface area contributed by atoms with Crippen molar-refractivity contribution in [3.63, 3.8) is 0 Å². The van der Waals surface area contributed by atoms with Gasteiger partial charge in [0.1, 0.15) is 6.61 Å². The third kappa shape index (κ3) is 16.8. The summed E-state index contributed by atoms with van der Waals surface area (Å²) >= 11 is 0. The van der Waals surface area contributed by atoms with Crippen LogP contribution in [0.15, 0.2) is 25.3 Å². The van der Waals surface area contributed by atoms with Crippen LogP contribution < -0.4 is 0 Å². The summed E-state index contributed by atoms with van der Waals surface area (Å²) in [5.41, 5.74) is 0. The first-order valence-electron chi connectivity index (χ1n) is 5.42. The predicted octanol–water partition coefficient (Wildman–Crippen LogP) is 0.196. The zero-order valence-electron chi connectivity index (χ0n) is 10.3. The van der Waals surface area contributed by atoms with Gasteiger partial charge in [-0.15, -0.1) is 0 Å². The van der Waals surface area contributed by atoms with E-state index in [-0.39, 0.29) is 19.8 Å². The lowest BCUT2D eigenvalue weighted by Gasteiger charge is -1.98. The highest BCUT2D eigenvalue weighted by Crippen LogP contribution is 1.88. The van der Waals surface area contributed by atoms with Crippen LogP contribution in [-0.4, -0.2) is 48.6 Å². The highest BCUT2D eigenvalue weighted by atomic mass is 16.5. The first-order chi connectivity index (χ1) is 8.62. The summed E-state index contributed by atoms with van der Waals surface area (Å²) in [4.78, 5) is 20.5. The summed E-state index contributed by atoms with van der Waals surface area (Å²) in [6, 6.07) is 0. The SMILES string of the molecule is C=CC(=O)OCCCCO.C=CC(=O)OCCO. The molecule has 18 heavy (non-hydrogen) atoms. The molecule has 0 aromatic heterocycles. The van der Waals surface area contributed by atoms with Crippen LogP contribution in [0.5, 0.6) is 0 Å². The van der Waals surface area contributed by atoms with Gasteiger partial charge in [0.05, 0.1) is 13.2 Å². The molecule has 0 heterocycles. The van der Waals surface area contributed by atoms with Crippen LogP contribution in [0.2, 0.25) is 0 Å². The van der Waals surface area contributed by atoms with Crippen molar-refractivity contribution in [1.82, 2.24) is 0 Å². The number of esters is 2. The Kier molecular flexibility index (Phi) is 15.9. The number of hydrogen-bond acceptors (Lipinski definition) is 6. The van der Waals surface area contributed by atoms with Gasteiger partial charge < -0.3 is 19.7 Å². The molecular formula is C12H20O6. The molecule has 0 rings (SSSR count). The van der Waals surface area contributed by atoms with E-state index in [0.29, 0.717) is 19.4 Å². The van der Waals surface area contributed by atoms with E-state index in [0.717, 1.165) is 12.2 Å². The molecule has 2 N–H and O–H groups in total. The van der Waals surface area contributed by atoms with E-state index < -0.39 is 11.9 Å². The molecule has 0 amide bonds. The average Bonchev–Trinajstić information content (AvgIpc) is 2.41. The van der Waals surface area contributed by atoms with E-state index >= 15 is 0 Å². The maximum Gasteiger partial charge on any atom is 0.330 e. The smallest absolute Gasteiger partial charge is 0.330 e. The van der Waals surface area contributed by atoms with Crippen molar-refractivity contribution >= 4 is 11.9 Å². The molecule has 6 heteroatoms. The first kappa shape index (κ1) is 18.7. The molecule has 0 aliphatic rings. The lowest BCUT2D eigenvalue weighted by atomic mass is 10.3. The molecule has 0 aliphatic heterocycles. The second-order valence-corrected chi connectivity index (χ2v) is 2.90. The van der Waals surface area contributed by atoms with E-state index in [1.807, 2.05) is 0 Å². The van der Waals surface area contributed by atoms with Crippen LogP contribution in [0, 0.1) is 0 Å². The number of ether oxygens (including phenoxy) is 2. The van der Waals surface area contributed by atoms with Crippen LogP contribution in [-0.2, 0) is 19.1 Å². The Morgan fingerprint density at radius 2 is 1.39 bits per heavy atom. The topological polar surface area (TPSA) is 93.1 Å². The standard InChI is InChI=1S/C7H12O3.C5H8O3/c1-2-7(9)10-6-4-3-5-8;1-2-5(7)8-4-3-6/h2,8H,1,3-6H2;2,6H,1,3-4H2. The van der Waals surface area contributed by atoms with Gasteiger partial charge in [-0.25, -0.2) is 9.59 Å². The molecule has 0 spiro atoms. The van der Waals surface area contributed by atoms with Gasteiger partial charge >= 0.3 is 11.9 Å². The fourth-order valence-corrected chi connectivity index (χ4v) is 0.651. The third-order valence-electron chi connectivity index (χ3n) is 1.47. The molecule has 0 bridgehead atoms. The number of rotatable bonds is 8. The molecule has 0 radical (unpaired) electrons. The maximum absolute atomic E-state index is 10.4. The molecule has 0 saturated carbocycles. The molecule has 0 unspecified atom stereocenters. The molecular weight excluding hydrogens is 240 g/mol. The normalized spacial score (nSPS) is 8.56. The summed E-state index contributed by atoms with van der Waals surface area (Å²) < 4.78 is 8.96. The van der Waals surface area contributed by atoms with Crippen molar-refractivity contribution in [2.75, 3.05) is 26.4 Å². The summed E-state index contributed by atoms with van der Waals surface area (Å²) in [5, 5.41) is 16.4. The monoisotopic (exact) mass is 260 g/mol. The molecule has 0 aromatic carbocycles. The second-order valence-electron chi connectivity index (χ2n) is 2.90. The number of aliphatic hydroxyl groups is 2. The van der Waals surface area contributed by atoms with Gasteiger partial charge in [-0.05, 0) is 12.8 Å². The molecule has 0 fully saturated rings. The number of aliphatic hydroxyl groups excluding tert-OH is 2. The zero-order valence-corrected chi connectivity index (χ0v) is 10.3. The van der Waals surface area contributed by atoms with E-state index in [1.54, 1.807) is 0 Å². The average molecular weight is 260 g/mol. The van der Waals surface area contributed by atoms with Gasteiger partial charge in [0, 0.05) is 18.8 Å². The zero-order chi connectivity index (χ0) is 14.2. The Labute approximate surface area is 107 Å². The highest BCUT2D eigenvalue weighted by molar-refractivity contribution is 5.81. The van der Waals surface area contributed by atoms with Gasteiger partial charge in [0.15, 0.2) is 0 Å². The Morgan fingerprint density at radius 1 is 0.889 bits per heavy atom. The number of unbranched alkanes of at least 4 members (excludes halogenated alkanes) is 1. The fourth-order valence-electron chi connectivity index (χ4n) is 0.651. The van der Waals surface area contributed by atoms with Crippen molar-refractivity contribution in [2.24, 2.45) is 0 Å². The Morgan fingerprint density at radius 3 is 1.78 bits per heavy atom. The lowest BCUT2D eigenvalue weighted by molar-refractivity contribution is -0.139. The van der Waals surface area contributed by atoms with Crippen molar-refractivity contribution in [2.45, 2.75) is 12.8 Å². The van der Waals surface area contributed by atoms with Crippen LogP contribution in [0.4, 0.5) is 0 Å². The molecule has 6 nitrogen and oxygen atoms in total.